The number of fused-ring (bicyclic) bond motifs is 1. The average molecular weight is 615 g/mol. The minimum Gasteiger partial charge on any atom is -0.394 e. The van der Waals surface area contributed by atoms with E-state index in [9.17, 15) is 14.7 Å². The number of aliphatic hydroxyl groups excluding tert-OH is 1. The van der Waals surface area contributed by atoms with Crippen LogP contribution in [0.2, 0.25) is 10.0 Å². The van der Waals surface area contributed by atoms with Gasteiger partial charge in [-0.05, 0) is 44.4 Å². The maximum atomic E-state index is 13.5. The molecule has 2 aliphatic rings. The molecule has 222 valence electrons. The lowest BCUT2D eigenvalue weighted by Crippen LogP contribution is -2.46. The monoisotopic (exact) mass is 613 g/mol. The van der Waals surface area contributed by atoms with Crippen molar-refractivity contribution >= 4 is 46.8 Å². The first-order valence-corrected chi connectivity index (χ1v) is 14.7. The molecule has 0 radical (unpaired) electrons. The Morgan fingerprint density at radius 3 is 2.67 bits per heavy atom. The van der Waals surface area contributed by atoms with E-state index in [0.717, 1.165) is 18.4 Å². The topological polar surface area (TPSA) is 142 Å². The van der Waals surface area contributed by atoms with E-state index in [0.29, 0.717) is 64.0 Å². The summed E-state index contributed by atoms with van der Waals surface area (Å²) in [4.78, 5) is 41.5. The molecule has 1 fully saturated rings. The molecule has 4 N–H and O–H groups in total. The zero-order valence-corrected chi connectivity index (χ0v) is 24.9. The Morgan fingerprint density at radius 1 is 1.17 bits per heavy atom. The Labute approximate surface area is 254 Å². The van der Waals surface area contributed by atoms with Crippen LogP contribution >= 0.6 is 23.2 Å². The number of benzene rings is 1. The molecule has 1 saturated heterocycles. The number of ether oxygens (including phenoxy) is 1. The molecule has 42 heavy (non-hydrogen) atoms. The lowest BCUT2D eigenvalue weighted by Gasteiger charge is -2.26. The van der Waals surface area contributed by atoms with Gasteiger partial charge in [-0.3, -0.25) is 9.59 Å². The molecule has 4 heterocycles. The van der Waals surface area contributed by atoms with Gasteiger partial charge in [0, 0.05) is 55.2 Å². The summed E-state index contributed by atoms with van der Waals surface area (Å²) in [5, 5.41) is 20.0. The first-order chi connectivity index (χ1) is 20.3. The summed E-state index contributed by atoms with van der Waals surface area (Å²) in [6.07, 6.45) is 4.75. The molecule has 2 atom stereocenters. The Balaban J connectivity index is 1.30. The Kier molecular flexibility index (Phi) is 9.42. The average Bonchev–Trinajstić information content (AvgIpc) is 3.33. The molecule has 5 rings (SSSR count). The minimum atomic E-state index is -0.811. The Hall–Kier alpha value is -3.51. The SMILES string of the molecule is CCNc1cc([C@@H](CO)NC(=O)C(C)N2Cc3ccc(-c4nc(NC5CCOCC5)ncc4Cl)cc3C2=O)c(Cl)cn1. The van der Waals surface area contributed by atoms with Crippen molar-refractivity contribution in [2.45, 2.75) is 51.4 Å². The number of nitrogens with zero attached hydrogens (tertiary/aromatic N) is 4. The fourth-order valence-corrected chi connectivity index (χ4v) is 5.54. The van der Waals surface area contributed by atoms with Crippen molar-refractivity contribution in [3.8, 4) is 11.3 Å². The summed E-state index contributed by atoms with van der Waals surface area (Å²) < 4.78 is 5.42. The van der Waals surface area contributed by atoms with E-state index in [2.05, 4.69) is 30.9 Å². The van der Waals surface area contributed by atoms with Gasteiger partial charge in [0.2, 0.25) is 11.9 Å². The quantitative estimate of drug-likeness (QED) is 0.266. The zero-order chi connectivity index (χ0) is 29.8. The fourth-order valence-electron chi connectivity index (χ4n) is 5.10. The van der Waals surface area contributed by atoms with Gasteiger partial charge in [0.15, 0.2) is 0 Å². The number of anilines is 2. The van der Waals surface area contributed by atoms with Crippen molar-refractivity contribution < 1.29 is 19.4 Å². The van der Waals surface area contributed by atoms with Crippen molar-refractivity contribution in [1.29, 1.82) is 0 Å². The van der Waals surface area contributed by atoms with Crippen LogP contribution in [0.5, 0.6) is 0 Å². The van der Waals surface area contributed by atoms with E-state index in [1.807, 2.05) is 19.1 Å². The molecular formula is C29H33Cl2N7O4. The van der Waals surface area contributed by atoms with Crippen molar-refractivity contribution in [3.05, 3.63) is 63.4 Å². The third-order valence-electron chi connectivity index (χ3n) is 7.48. The van der Waals surface area contributed by atoms with Crippen molar-refractivity contribution in [3.63, 3.8) is 0 Å². The van der Waals surface area contributed by atoms with Crippen molar-refractivity contribution in [2.75, 3.05) is 37.0 Å². The number of aromatic nitrogens is 3. The molecule has 13 heteroatoms. The van der Waals surface area contributed by atoms with Crippen LogP contribution in [0.4, 0.5) is 11.8 Å². The first kappa shape index (κ1) is 30.0. The third-order valence-corrected chi connectivity index (χ3v) is 8.07. The van der Waals surface area contributed by atoms with Gasteiger partial charge in [0.05, 0.1) is 34.6 Å². The van der Waals surface area contributed by atoms with E-state index in [1.165, 1.54) is 11.1 Å². The molecule has 2 amide bonds. The van der Waals surface area contributed by atoms with Crippen LogP contribution in [0.15, 0.2) is 36.7 Å². The smallest absolute Gasteiger partial charge is 0.255 e. The first-order valence-electron chi connectivity index (χ1n) is 13.9. The lowest BCUT2D eigenvalue weighted by molar-refractivity contribution is -0.126. The predicted molar refractivity (Wildman–Crippen MR) is 161 cm³/mol. The number of halogens is 2. The van der Waals surface area contributed by atoms with Crippen molar-refractivity contribution in [2.24, 2.45) is 0 Å². The van der Waals surface area contributed by atoms with Gasteiger partial charge in [-0.15, -0.1) is 0 Å². The molecule has 2 aromatic heterocycles. The molecule has 1 aromatic carbocycles. The zero-order valence-electron chi connectivity index (χ0n) is 23.4. The summed E-state index contributed by atoms with van der Waals surface area (Å²) in [5.41, 5.74) is 2.98. The van der Waals surface area contributed by atoms with Crippen LogP contribution in [0, 0.1) is 0 Å². The Bertz CT molecular complexity index is 1470. The highest BCUT2D eigenvalue weighted by Gasteiger charge is 2.35. The van der Waals surface area contributed by atoms with Crippen LogP contribution in [0.1, 0.15) is 54.2 Å². The molecule has 1 unspecified atom stereocenters. The molecule has 11 nitrogen and oxygen atoms in total. The summed E-state index contributed by atoms with van der Waals surface area (Å²) in [6.45, 7) is 5.50. The number of rotatable bonds is 10. The maximum absolute atomic E-state index is 13.5. The standard InChI is InChI=1S/C29H33Cl2N7O4/c1-3-32-25-11-21(22(30)12-33-25)24(15-39)36-27(40)16(2)38-14-18-5-4-17(10-20(18)28(38)41)26-23(31)13-34-29(37-26)35-19-6-8-42-9-7-19/h4-5,10-13,16,19,24,39H,3,6-9,14-15H2,1-2H3,(H,32,33)(H,36,40)(H,34,35,37)/t16?,24-/m1/s1. The number of amides is 2. The van der Waals surface area contributed by atoms with E-state index < -0.39 is 18.0 Å². The molecule has 0 aliphatic carbocycles. The van der Waals surface area contributed by atoms with Gasteiger partial charge in [0.1, 0.15) is 11.9 Å². The second-order valence-corrected chi connectivity index (χ2v) is 11.1. The summed E-state index contributed by atoms with van der Waals surface area (Å²) in [5.74, 6) is 0.340. The highest BCUT2D eigenvalue weighted by atomic mass is 35.5. The second-order valence-electron chi connectivity index (χ2n) is 10.3. The molecule has 2 aliphatic heterocycles. The van der Waals surface area contributed by atoms with Crippen LogP contribution in [-0.2, 0) is 16.1 Å². The number of nitrogens with one attached hydrogen (secondary N) is 3. The lowest BCUT2D eigenvalue weighted by atomic mass is 10.0. The third kappa shape index (κ3) is 6.44. The fraction of sp³-hybridized carbons (Fsp3) is 0.414. The van der Waals surface area contributed by atoms with Gasteiger partial charge >= 0.3 is 0 Å². The molecule has 0 spiro atoms. The molecule has 3 aromatic rings. The molecule has 0 bridgehead atoms. The normalized spacial score (nSPS) is 16.6. The minimum absolute atomic E-state index is 0.214. The number of aliphatic hydroxyl groups is 1. The predicted octanol–water partition coefficient (Wildman–Crippen LogP) is 4.06. The van der Waals surface area contributed by atoms with E-state index in [4.69, 9.17) is 27.9 Å². The number of pyridine rings is 1. The molecular weight excluding hydrogens is 581 g/mol. The number of carbonyl (C=O) groups excluding carboxylic acids is 2. The van der Waals surface area contributed by atoms with Gasteiger partial charge in [-0.2, -0.15) is 0 Å². The summed E-state index contributed by atoms with van der Waals surface area (Å²) >= 11 is 12.8. The van der Waals surface area contributed by atoms with Gasteiger partial charge in [0.25, 0.3) is 5.91 Å². The highest BCUT2D eigenvalue weighted by Crippen LogP contribution is 2.33. The Morgan fingerprint density at radius 2 is 1.93 bits per heavy atom. The van der Waals surface area contributed by atoms with Gasteiger partial charge in [-0.1, -0.05) is 35.3 Å². The van der Waals surface area contributed by atoms with Crippen LogP contribution in [0.25, 0.3) is 11.3 Å². The number of hydrogen-bond acceptors (Lipinski definition) is 9. The van der Waals surface area contributed by atoms with Crippen LogP contribution < -0.4 is 16.0 Å². The highest BCUT2D eigenvalue weighted by molar-refractivity contribution is 6.33. The maximum Gasteiger partial charge on any atom is 0.255 e. The van der Waals surface area contributed by atoms with Crippen molar-refractivity contribution in [1.82, 2.24) is 25.2 Å². The largest absolute Gasteiger partial charge is 0.394 e. The number of carbonyl (C=O) groups is 2. The van der Waals surface area contributed by atoms with E-state index in [1.54, 1.807) is 25.3 Å². The second kappa shape index (κ2) is 13.2. The van der Waals surface area contributed by atoms with Crippen LogP contribution in [0.3, 0.4) is 0 Å². The molecule has 0 saturated carbocycles. The summed E-state index contributed by atoms with van der Waals surface area (Å²) in [6, 6.07) is 5.79. The summed E-state index contributed by atoms with van der Waals surface area (Å²) in [7, 11) is 0. The van der Waals surface area contributed by atoms with Crippen LogP contribution in [-0.4, -0.2) is 75.2 Å². The van der Waals surface area contributed by atoms with Gasteiger partial charge in [-0.25, -0.2) is 15.0 Å². The van der Waals surface area contributed by atoms with E-state index in [-0.39, 0.29) is 25.1 Å². The number of hydrogen-bond donors (Lipinski definition) is 4. The van der Waals surface area contributed by atoms with Gasteiger partial charge < -0.3 is 30.7 Å². The van der Waals surface area contributed by atoms with E-state index >= 15 is 0 Å².